The number of methoxy groups -OCH3 is 2. The van der Waals surface area contributed by atoms with Crippen LogP contribution in [0.5, 0.6) is 5.75 Å². The summed E-state index contributed by atoms with van der Waals surface area (Å²) in [5.41, 5.74) is 0.697. The maximum absolute atomic E-state index is 12.6. The van der Waals surface area contributed by atoms with Gasteiger partial charge < -0.3 is 34.6 Å². The molecule has 10 heteroatoms. The lowest BCUT2D eigenvalue weighted by Crippen LogP contribution is -2.48. The molecule has 0 aliphatic carbocycles. The van der Waals surface area contributed by atoms with Gasteiger partial charge in [-0.3, -0.25) is 14.5 Å². The highest BCUT2D eigenvalue weighted by Gasteiger charge is 2.29. The maximum Gasteiger partial charge on any atom is 0.238 e. The number of aliphatic hydroxyl groups excluding tert-OH is 2. The first-order valence-corrected chi connectivity index (χ1v) is 11.7. The molecule has 1 aliphatic rings. The smallest absolute Gasteiger partial charge is 0.238 e. The van der Waals surface area contributed by atoms with Crippen molar-refractivity contribution in [2.45, 2.75) is 44.5 Å². The van der Waals surface area contributed by atoms with Crippen molar-refractivity contribution in [1.82, 2.24) is 9.80 Å². The molecule has 10 nitrogen and oxygen atoms in total. The van der Waals surface area contributed by atoms with Crippen molar-refractivity contribution < 1.29 is 34.0 Å². The van der Waals surface area contributed by atoms with E-state index in [0.717, 1.165) is 18.6 Å². The van der Waals surface area contributed by atoms with Crippen molar-refractivity contribution in [2.24, 2.45) is 0 Å². The van der Waals surface area contributed by atoms with Crippen LogP contribution in [0, 0.1) is 0 Å². The summed E-state index contributed by atoms with van der Waals surface area (Å²) in [5.74, 6) is 0.457. The van der Waals surface area contributed by atoms with Gasteiger partial charge >= 0.3 is 0 Å². The van der Waals surface area contributed by atoms with Gasteiger partial charge in [0.1, 0.15) is 24.1 Å². The van der Waals surface area contributed by atoms with Gasteiger partial charge in [-0.2, -0.15) is 0 Å². The minimum absolute atomic E-state index is 0.0188. The second kappa shape index (κ2) is 14.9. The monoisotopic (exact) mass is 481 g/mol. The van der Waals surface area contributed by atoms with Gasteiger partial charge in [0.05, 0.1) is 20.3 Å². The molecule has 0 aromatic heterocycles. The molecule has 192 valence electrons. The van der Waals surface area contributed by atoms with E-state index in [0.29, 0.717) is 38.3 Å². The van der Waals surface area contributed by atoms with E-state index < -0.39 is 18.3 Å². The van der Waals surface area contributed by atoms with Crippen LogP contribution >= 0.6 is 0 Å². The lowest BCUT2D eigenvalue weighted by atomic mass is 10.1. The van der Waals surface area contributed by atoms with E-state index in [1.165, 1.54) is 14.0 Å². The number of carbonyl (C=O) groups excluding carboxylic acids is 2. The molecule has 1 aromatic rings. The van der Waals surface area contributed by atoms with Crippen LogP contribution in [0.3, 0.4) is 0 Å². The predicted molar refractivity (Wildman–Crippen MR) is 128 cm³/mol. The third-order valence-electron chi connectivity index (χ3n) is 5.87. The van der Waals surface area contributed by atoms with Gasteiger partial charge in [-0.1, -0.05) is 0 Å². The summed E-state index contributed by atoms with van der Waals surface area (Å²) >= 11 is 0. The van der Waals surface area contributed by atoms with Gasteiger partial charge in [-0.15, -0.1) is 0 Å². The maximum atomic E-state index is 12.6. The van der Waals surface area contributed by atoms with Crippen LogP contribution in [0.15, 0.2) is 24.3 Å². The third-order valence-corrected chi connectivity index (χ3v) is 5.87. The fourth-order valence-electron chi connectivity index (χ4n) is 3.84. The van der Waals surface area contributed by atoms with Gasteiger partial charge in [-0.05, 0) is 50.1 Å². The molecule has 34 heavy (non-hydrogen) atoms. The number of aliphatic hydroxyl groups is 2. The highest BCUT2D eigenvalue weighted by atomic mass is 16.5. The lowest BCUT2D eigenvalue weighted by Gasteiger charge is -2.31. The molecule has 3 atom stereocenters. The van der Waals surface area contributed by atoms with Gasteiger partial charge in [0.15, 0.2) is 0 Å². The molecule has 2 rings (SSSR count). The van der Waals surface area contributed by atoms with E-state index in [9.17, 15) is 19.8 Å². The highest BCUT2D eigenvalue weighted by Crippen LogP contribution is 2.15. The van der Waals surface area contributed by atoms with Crippen LogP contribution in [-0.4, -0.2) is 110 Å². The van der Waals surface area contributed by atoms with Crippen molar-refractivity contribution in [3.05, 3.63) is 24.3 Å². The largest absolute Gasteiger partial charge is 0.497 e. The van der Waals surface area contributed by atoms with E-state index in [1.807, 2.05) is 0 Å². The fraction of sp³-hybridized carbons (Fsp3) is 0.667. The zero-order chi connectivity index (χ0) is 24.9. The summed E-state index contributed by atoms with van der Waals surface area (Å²) in [4.78, 5) is 28.5. The van der Waals surface area contributed by atoms with Gasteiger partial charge in [-0.25, -0.2) is 0 Å². The van der Waals surface area contributed by atoms with Crippen molar-refractivity contribution in [3.8, 4) is 5.75 Å². The number of ether oxygens (including phenoxy) is 3. The Morgan fingerprint density at radius 2 is 1.79 bits per heavy atom. The molecule has 1 aromatic carbocycles. The Kier molecular flexibility index (Phi) is 12.3. The molecule has 2 amide bonds. The fourth-order valence-corrected chi connectivity index (χ4v) is 3.84. The first-order chi connectivity index (χ1) is 16.3. The quantitative estimate of drug-likeness (QED) is 0.563. The first kappa shape index (κ1) is 28.0. The second-order valence-electron chi connectivity index (χ2n) is 8.49. The molecule has 0 spiro atoms. The number of rotatable bonds is 5. The number of hydrogen-bond acceptors (Lipinski definition) is 8. The molecule has 3 N–H and O–H groups in total. The summed E-state index contributed by atoms with van der Waals surface area (Å²) in [6.45, 7) is 4.04. The van der Waals surface area contributed by atoms with Gasteiger partial charge in [0.25, 0.3) is 0 Å². The van der Waals surface area contributed by atoms with E-state index in [1.54, 1.807) is 36.3 Å². The SMILES string of the molecule is COc1ccc(NC(=O)CN2CCCCOC[C@H](O)[C@H](O)[C@@H](OC)CN(C(C)=O)CCC2)cc1. The zero-order valence-electron chi connectivity index (χ0n) is 20.4. The number of amides is 2. The summed E-state index contributed by atoms with van der Waals surface area (Å²) < 4.78 is 16.0. The van der Waals surface area contributed by atoms with Crippen LogP contribution in [0.4, 0.5) is 5.69 Å². The summed E-state index contributed by atoms with van der Waals surface area (Å²) in [6.07, 6.45) is -0.796. The molecule has 1 heterocycles. The van der Waals surface area contributed by atoms with Crippen LogP contribution < -0.4 is 10.1 Å². The molecule has 0 unspecified atom stereocenters. The number of nitrogens with one attached hydrogen (secondary N) is 1. The van der Waals surface area contributed by atoms with E-state index in [4.69, 9.17) is 14.2 Å². The minimum Gasteiger partial charge on any atom is -0.497 e. The number of benzene rings is 1. The predicted octanol–water partition coefficient (Wildman–Crippen LogP) is 0.722. The molecule has 1 aliphatic heterocycles. The number of carbonyl (C=O) groups is 2. The molecular formula is C24H39N3O7. The average molecular weight is 482 g/mol. The second-order valence-corrected chi connectivity index (χ2v) is 8.49. The van der Waals surface area contributed by atoms with Crippen LogP contribution in [-0.2, 0) is 19.1 Å². The highest BCUT2D eigenvalue weighted by molar-refractivity contribution is 5.92. The van der Waals surface area contributed by atoms with E-state index in [2.05, 4.69) is 10.2 Å². The van der Waals surface area contributed by atoms with Crippen LogP contribution in [0.1, 0.15) is 26.2 Å². The number of hydrogen-bond donors (Lipinski definition) is 3. The molecule has 0 saturated carbocycles. The zero-order valence-corrected chi connectivity index (χ0v) is 20.4. The first-order valence-electron chi connectivity index (χ1n) is 11.7. The van der Waals surface area contributed by atoms with Crippen molar-refractivity contribution in [3.63, 3.8) is 0 Å². The van der Waals surface area contributed by atoms with E-state index in [-0.39, 0.29) is 31.5 Å². The Bertz CT molecular complexity index is 747. The number of anilines is 1. The molecule has 0 radical (unpaired) electrons. The van der Waals surface area contributed by atoms with Gasteiger partial charge in [0, 0.05) is 46.0 Å². The molecule has 1 saturated heterocycles. The summed E-state index contributed by atoms with van der Waals surface area (Å²) in [7, 11) is 3.03. The molecular weight excluding hydrogens is 442 g/mol. The number of nitrogens with zero attached hydrogens (tertiary/aromatic N) is 2. The Morgan fingerprint density at radius 3 is 2.44 bits per heavy atom. The van der Waals surface area contributed by atoms with Crippen molar-refractivity contribution in [2.75, 3.05) is 65.5 Å². The third kappa shape index (κ3) is 9.55. The van der Waals surface area contributed by atoms with Gasteiger partial charge in [0.2, 0.25) is 11.8 Å². The topological polar surface area (TPSA) is 121 Å². The van der Waals surface area contributed by atoms with Crippen LogP contribution in [0.2, 0.25) is 0 Å². The molecule has 0 bridgehead atoms. The summed E-state index contributed by atoms with van der Waals surface area (Å²) in [5, 5.41) is 23.6. The van der Waals surface area contributed by atoms with Crippen molar-refractivity contribution >= 4 is 17.5 Å². The molecule has 1 fully saturated rings. The standard InChI is InChI=1S/C24H39N3O7/c1-18(28)27-13-6-12-26(16-23(30)25-19-7-9-20(32-2)10-8-19)11-4-5-14-34-17-21(29)24(31)22(15-27)33-3/h7-10,21-22,24,29,31H,4-6,11-17H2,1-3H3,(H,25,30)/t21-,22-,24-/m0/s1. The lowest BCUT2D eigenvalue weighted by molar-refractivity contribution is -0.136. The summed E-state index contributed by atoms with van der Waals surface area (Å²) in [6, 6.07) is 7.16. The van der Waals surface area contributed by atoms with E-state index >= 15 is 0 Å². The Balaban J connectivity index is 2.00. The Hall–Kier alpha value is -2.24. The van der Waals surface area contributed by atoms with Crippen LogP contribution in [0.25, 0.3) is 0 Å². The van der Waals surface area contributed by atoms with Crippen molar-refractivity contribution in [1.29, 1.82) is 0 Å². The Labute approximate surface area is 201 Å². The normalized spacial score (nSPS) is 24.0. The average Bonchev–Trinajstić information content (AvgIpc) is 2.82. The minimum atomic E-state index is -1.17. The Morgan fingerprint density at radius 1 is 1.09 bits per heavy atom.